The van der Waals surface area contributed by atoms with E-state index in [-0.39, 0.29) is 28.9 Å². The molecule has 0 radical (unpaired) electrons. The van der Waals surface area contributed by atoms with Crippen molar-refractivity contribution >= 4 is 29.3 Å². The number of benzene rings is 1. The van der Waals surface area contributed by atoms with Gasteiger partial charge in [0, 0.05) is 6.42 Å². The SMILES string of the molecule is CCOc1ccccc1N1C(=O)CC(Sc2nc(O)c(CC)c(=O)[nH]2)C1=O. The second kappa shape index (κ2) is 7.83. The fourth-order valence-electron chi connectivity index (χ4n) is 2.84. The summed E-state index contributed by atoms with van der Waals surface area (Å²) in [5.41, 5.74) is 0.117. The third kappa shape index (κ3) is 3.68. The molecule has 1 aliphatic heterocycles. The molecule has 3 rings (SSSR count). The minimum absolute atomic E-state index is 0.0377. The minimum Gasteiger partial charge on any atom is -0.493 e. The lowest BCUT2D eigenvalue weighted by Gasteiger charge is -2.18. The van der Waals surface area contributed by atoms with E-state index in [9.17, 15) is 19.5 Å². The highest BCUT2D eigenvalue weighted by molar-refractivity contribution is 8.00. The van der Waals surface area contributed by atoms with Crippen LogP contribution < -0.4 is 15.2 Å². The van der Waals surface area contributed by atoms with Gasteiger partial charge in [-0.25, -0.2) is 4.90 Å². The molecule has 1 saturated heterocycles. The van der Waals surface area contributed by atoms with E-state index in [1.165, 1.54) is 0 Å². The number of aromatic amines is 1. The highest BCUT2D eigenvalue weighted by Crippen LogP contribution is 2.36. The van der Waals surface area contributed by atoms with Gasteiger partial charge in [-0.3, -0.25) is 14.4 Å². The Morgan fingerprint density at radius 1 is 1.30 bits per heavy atom. The molecule has 2 heterocycles. The Bertz CT molecular complexity index is 943. The molecule has 1 aromatic carbocycles. The van der Waals surface area contributed by atoms with Gasteiger partial charge in [-0.05, 0) is 25.5 Å². The van der Waals surface area contributed by atoms with Crippen LogP contribution in [-0.2, 0) is 16.0 Å². The van der Waals surface area contributed by atoms with Gasteiger partial charge < -0.3 is 14.8 Å². The molecule has 0 aliphatic carbocycles. The van der Waals surface area contributed by atoms with Gasteiger partial charge in [0.05, 0.1) is 17.9 Å². The molecule has 0 spiro atoms. The fraction of sp³-hybridized carbons (Fsp3) is 0.333. The lowest BCUT2D eigenvalue weighted by molar-refractivity contribution is -0.121. The zero-order valence-electron chi connectivity index (χ0n) is 14.9. The van der Waals surface area contributed by atoms with Gasteiger partial charge >= 0.3 is 0 Å². The van der Waals surface area contributed by atoms with Crippen molar-refractivity contribution in [3.05, 3.63) is 40.2 Å². The van der Waals surface area contributed by atoms with Crippen LogP contribution in [0.1, 0.15) is 25.8 Å². The molecular weight excluding hydrogens is 370 g/mol. The molecule has 0 saturated carbocycles. The normalized spacial score (nSPS) is 16.8. The average molecular weight is 389 g/mol. The molecule has 2 N–H and O–H groups in total. The molecule has 2 amide bonds. The third-order valence-corrected chi connectivity index (χ3v) is 5.16. The number of thioether (sulfide) groups is 1. The molecule has 27 heavy (non-hydrogen) atoms. The summed E-state index contributed by atoms with van der Waals surface area (Å²) in [6, 6.07) is 6.83. The number of imide groups is 1. The Morgan fingerprint density at radius 3 is 2.70 bits per heavy atom. The number of hydrogen-bond acceptors (Lipinski definition) is 7. The van der Waals surface area contributed by atoms with Crippen LogP contribution in [-0.4, -0.2) is 38.7 Å². The third-order valence-electron chi connectivity index (χ3n) is 4.09. The van der Waals surface area contributed by atoms with Gasteiger partial charge in [0.1, 0.15) is 11.0 Å². The maximum absolute atomic E-state index is 12.8. The first-order chi connectivity index (χ1) is 13.0. The van der Waals surface area contributed by atoms with E-state index in [0.29, 0.717) is 24.5 Å². The van der Waals surface area contributed by atoms with Crippen molar-refractivity contribution in [2.45, 2.75) is 37.1 Å². The van der Waals surface area contributed by atoms with Crippen LogP contribution in [0.5, 0.6) is 11.6 Å². The molecule has 1 aromatic heterocycles. The molecule has 0 bridgehead atoms. The zero-order valence-corrected chi connectivity index (χ0v) is 15.7. The molecular formula is C18H19N3O5S. The largest absolute Gasteiger partial charge is 0.493 e. The van der Waals surface area contributed by atoms with Gasteiger partial charge in [-0.1, -0.05) is 30.8 Å². The first-order valence-corrected chi connectivity index (χ1v) is 9.41. The second-order valence-electron chi connectivity index (χ2n) is 5.81. The molecule has 1 fully saturated rings. The lowest BCUT2D eigenvalue weighted by atomic mass is 10.2. The van der Waals surface area contributed by atoms with E-state index in [1.54, 1.807) is 31.2 Å². The molecule has 1 atom stereocenters. The topological polar surface area (TPSA) is 113 Å². The summed E-state index contributed by atoms with van der Waals surface area (Å²) in [5, 5.41) is 9.22. The average Bonchev–Trinajstić information content (AvgIpc) is 2.89. The van der Waals surface area contributed by atoms with Crippen LogP contribution in [0.3, 0.4) is 0 Å². The number of rotatable bonds is 6. The number of carbonyl (C=O) groups is 2. The molecule has 8 nitrogen and oxygen atoms in total. The van der Waals surface area contributed by atoms with Crippen molar-refractivity contribution in [2.75, 3.05) is 11.5 Å². The van der Waals surface area contributed by atoms with E-state index >= 15 is 0 Å². The minimum atomic E-state index is -0.748. The Balaban J connectivity index is 1.86. The maximum atomic E-state index is 12.8. The van der Waals surface area contributed by atoms with Crippen molar-refractivity contribution in [1.29, 1.82) is 0 Å². The zero-order chi connectivity index (χ0) is 19.6. The Morgan fingerprint density at radius 2 is 2.04 bits per heavy atom. The van der Waals surface area contributed by atoms with E-state index < -0.39 is 16.7 Å². The summed E-state index contributed by atoms with van der Waals surface area (Å²) < 4.78 is 5.51. The Kier molecular flexibility index (Phi) is 5.50. The number of anilines is 1. The van der Waals surface area contributed by atoms with Gasteiger partial charge in [0.25, 0.3) is 5.56 Å². The predicted octanol–water partition coefficient (Wildman–Crippen LogP) is 1.86. The first-order valence-electron chi connectivity index (χ1n) is 8.53. The summed E-state index contributed by atoms with van der Waals surface area (Å²) in [5.74, 6) is -0.692. The van der Waals surface area contributed by atoms with Crippen LogP contribution in [0.4, 0.5) is 5.69 Å². The van der Waals surface area contributed by atoms with Crippen LogP contribution in [0, 0.1) is 0 Å². The number of aromatic hydroxyl groups is 1. The van der Waals surface area contributed by atoms with Gasteiger partial charge in [-0.2, -0.15) is 4.98 Å². The molecule has 142 valence electrons. The summed E-state index contributed by atoms with van der Waals surface area (Å²) in [7, 11) is 0. The van der Waals surface area contributed by atoms with Crippen LogP contribution >= 0.6 is 11.8 Å². The number of hydrogen-bond donors (Lipinski definition) is 2. The molecule has 1 aliphatic rings. The predicted molar refractivity (Wildman–Crippen MR) is 100 cm³/mol. The highest BCUT2D eigenvalue weighted by Gasteiger charge is 2.41. The fourth-order valence-corrected chi connectivity index (χ4v) is 3.84. The number of nitrogens with one attached hydrogen (secondary N) is 1. The highest BCUT2D eigenvalue weighted by atomic mass is 32.2. The number of amides is 2. The van der Waals surface area contributed by atoms with Gasteiger partial charge in [-0.15, -0.1) is 0 Å². The monoisotopic (exact) mass is 389 g/mol. The maximum Gasteiger partial charge on any atom is 0.258 e. The summed E-state index contributed by atoms with van der Waals surface area (Å²) in [6.45, 7) is 3.95. The smallest absolute Gasteiger partial charge is 0.258 e. The van der Waals surface area contributed by atoms with Crippen LogP contribution in [0.2, 0.25) is 0 Å². The van der Waals surface area contributed by atoms with Crippen molar-refractivity contribution in [1.82, 2.24) is 9.97 Å². The Labute approximate surface area is 159 Å². The van der Waals surface area contributed by atoms with E-state index in [0.717, 1.165) is 16.7 Å². The van der Waals surface area contributed by atoms with Gasteiger partial charge in [0.15, 0.2) is 5.16 Å². The van der Waals surface area contributed by atoms with E-state index in [2.05, 4.69) is 9.97 Å². The molecule has 9 heteroatoms. The first kappa shape index (κ1) is 19.0. The van der Waals surface area contributed by atoms with Crippen molar-refractivity contribution < 1.29 is 19.4 Å². The van der Waals surface area contributed by atoms with Gasteiger partial charge in [0.2, 0.25) is 17.7 Å². The Hall–Kier alpha value is -2.81. The number of nitrogens with zero attached hydrogens (tertiary/aromatic N) is 2. The summed E-state index contributed by atoms with van der Waals surface area (Å²) >= 11 is 0.949. The second-order valence-corrected chi connectivity index (χ2v) is 7.00. The quantitative estimate of drug-likeness (QED) is 0.573. The molecule has 1 unspecified atom stereocenters. The number of carbonyl (C=O) groups excluding carboxylic acids is 2. The van der Waals surface area contributed by atoms with Crippen molar-refractivity contribution in [3.8, 4) is 11.6 Å². The summed E-state index contributed by atoms with van der Waals surface area (Å²) in [4.78, 5) is 44.8. The van der Waals surface area contributed by atoms with Crippen LogP contribution in [0.25, 0.3) is 0 Å². The lowest BCUT2D eigenvalue weighted by Crippen LogP contribution is -2.31. The number of aromatic nitrogens is 2. The van der Waals surface area contributed by atoms with E-state index in [4.69, 9.17) is 4.74 Å². The number of para-hydroxylation sites is 2. The summed E-state index contributed by atoms with van der Waals surface area (Å²) in [6.07, 6.45) is 0.298. The molecule has 2 aromatic rings. The van der Waals surface area contributed by atoms with Crippen LogP contribution in [0.15, 0.2) is 34.2 Å². The standard InChI is InChI=1S/C18H19N3O5S/c1-3-10-15(23)19-18(20-16(10)24)27-13-9-14(22)21(17(13)25)11-7-5-6-8-12(11)26-4-2/h5-8,13H,3-4,9H2,1-2H3,(H2,19,20,23,24). The van der Waals surface area contributed by atoms with E-state index in [1.807, 2.05) is 6.92 Å². The van der Waals surface area contributed by atoms with Crippen molar-refractivity contribution in [2.24, 2.45) is 0 Å². The number of H-pyrrole nitrogens is 1. The number of ether oxygens (including phenoxy) is 1. The van der Waals surface area contributed by atoms with Crippen molar-refractivity contribution in [3.63, 3.8) is 0 Å².